The third kappa shape index (κ3) is 3.11. The number of fused-ring (bicyclic) bond motifs is 1. The van der Waals surface area contributed by atoms with Gasteiger partial charge in [0.15, 0.2) is 5.75 Å². The molecule has 144 valence electrons. The summed E-state index contributed by atoms with van der Waals surface area (Å²) >= 11 is 0. The van der Waals surface area contributed by atoms with Crippen LogP contribution in [0.5, 0.6) is 5.75 Å². The number of aryl methyl sites for hydroxylation is 1. The Kier molecular flexibility index (Phi) is 4.77. The predicted molar refractivity (Wildman–Crippen MR) is 110 cm³/mol. The van der Waals surface area contributed by atoms with Crippen molar-refractivity contribution in [2.24, 2.45) is 7.05 Å². The van der Waals surface area contributed by atoms with Crippen LogP contribution in [0.2, 0.25) is 0 Å². The van der Waals surface area contributed by atoms with Crippen LogP contribution in [-0.4, -0.2) is 28.7 Å². The molecule has 0 aliphatic carbocycles. The lowest BCUT2D eigenvalue weighted by molar-refractivity contribution is 0.0949. The second kappa shape index (κ2) is 7.38. The molecule has 0 unspecified atom stereocenters. The van der Waals surface area contributed by atoms with Crippen molar-refractivity contribution >= 4 is 22.5 Å². The monoisotopic (exact) mass is 377 g/mol. The lowest BCUT2D eigenvalue weighted by Crippen LogP contribution is -2.28. The zero-order valence-electron chi connectivity index (χ0n) is 15.8. The van der Waals surface area contributed by atoms with Crippen molar-refractivity contribution in [1.82, 2.24) is 9.88 Å². The highest BCUT2D eigenvalue weighted by molar-refractivity contribution is 6.08. The molecular weight excluding hydrogens is 354 g/mol. The van der Waals surface area contributed by atoms with Crippen molar-refractivity contribution in [3.05, 3.63) is 70.0 Å². The maximum absolute atomic E-state index is 12.9. The zero-order valence-corrected chi connectivity index (χ0v) is 15.8. The summed E-state index contributed by atoms with van der Waals surface area (Å²) in [6.07, 6.45) is 2.35. The van der Waals surface area contributed by atoms with Gasteiger partial charge in [0.25, 0.3) is 11.5 Å². The van der Waals surface area contributed by atoms with E-state index in [9.17, 15) is 14.7 Å². The van der Waals surface area contributed by atoms with Crippen LogP contribution in [0.1, 0.15) is 28.8 Å². The molecule has 1 fully saturated rings. The first kappa shape index (κ1) is 18.1. The van der Waals surface area contributed by atoms with Gasteiger partial charge in [-0.15, -0.1) is 0 Å². The summed E-state index contributed by atoms with van der Waals surface area (Å²) in [5.74, 6) is -0.978. The molecule has 4 rings (SSSR count). The largest absolute Gasteiger partial charge is 0.502 e. The lowest BCUT2D eigenvalue weighted by Gasteiger charge is -2.21. The average molecular weight is 377 g/mol. The smallest absolute Gasteiger partial charge is 0.293 e. The SMILES string of the molecule is Cn1c(=O)c(O)c(C(=O)NCc2ccccc2N2CCCC2)c2ccccc21. The number of aromatic nitrogens is 1. The number of para-hydroxylation sites is 2. The number of carbonyl (C=O) groups is 1. The average Bonchev–Trinajstić information content (AvgIpc) is 3.26. The summed E-state index contributed by atoms with van der Waals surface area (Å²) in [4.78, 5) is 27.6. The second-order valence-corrected chi connectivity index (χ2v) is 7.11. The molecule has 1 aromatic heterocycles. The summed E-state index contributed by atoms with van der Waals surface area (Å²) in [6.45, 7) is 2.37. The normalized spacial score (nSPS) is 13.8. The standard InChI is InChI=1S/C22H23N3O3/c1-24-18-11-5-3-9-16(18)19(20(26)22(24)28)21(27)23-14-15-8-2-4-10-17(15)25-12-6-7-13-25/h2-5,8-11,26H,6-7,12-14H2,1H3,(H,23,27). The number of amides is 1. The van der Waals surface area contributed by atoms with E-state index in [0.717, 1.165) is 24.3 Å². The number of pyridine rings is 1. The van der Waals surface area contributed by atoms with Gasteiger partial charge in [0, 0.05) is 37.8 Å². The van der Waals surface area contributed by atoms with Crippen molar-refractivity contribution in [3.63, 3.8) is 0 Å². The Labute approximate surface area is 163 Å². The van der Waals surface area contributed by atoms with Crippen LogP contribution in [0.3, 0.4) is 0 Å². The Morgan fingerprint density at radius 3 is 2.54 bits per heavy atom. The first-order chi connectivity index (χ1) is 13.6. The number of nitrogens with zero attached hydrogens (tertiary/aromatic N) is 2. The van der Waals surface area contributed by atoms with Crippen LogP contribution in [0.4, 0.5) is 5.69 Å². The maximum Gasteiger partial charge on any atom is 0.293 e. The Balaban J connectivity index is 1.65. The zero-order chi connectivity index (χ0) is 19.7. The molecule has 6 nitrogen and oxygen atoms in total. The Bertz CT molecular complexity index is 1100. The van der Waals surface area contributed by atoms with Gasteiger partial charge < -0.3 is 19.9 Å². The first-order valence-corrected chi connectivity index (χ1v) is 9.49. The molecule has 0 saturated carbocycles. The van der Waals surface area contributed by atoms with Gasteiger partial charge in [0.1, 0.15) is 0 Å². The lowest BCUT2D eigenvalue weighted by atomic mass is 10.1. The van der Waals surface area contributed by atoms with E-state index in [1.807, 2.05) is 18.2 Å². The number of hydrogen-bond acceptors (Lipinski definition) is 4. The molecule has 0 radical (unpaired) electrons. The fourth-order valence-corrected chi connectivity index (χ4v) is 3.90. The molecule has 0 spiro atoms. The highest BCUT2D eigenvalue weighted by Crippen LogP contribution is 2.26. The number of hydrogen-bond donors (Lipinski definition) is 2. The van der Waals surface area contributed by atoms with Crippen molar-refractivity contribution in [1.29, 1.82) is 0 Å². The van der Waals surface area contributed by atoms with E-state index in [1.54, 1.807) is 31.3 Å². The molecule has 0 bridgehead atoms. The Morgan fingerprint density at radius 2 is 1.75 bits per heavy atom. The number of carbonyl (C=O) groups excluding carboxylic acids is 1. The highest BCUT2D eigenvalue weighted by Gasteiger charge is 2.21. The third-order valence-corrected chi connectivity index (χ3v) is 5.38. The van der Waals surface area contributed by atoms with Gasteiger partial charge in [-0.1, -0.05) is 36.4 Å². The molecule has 2 heterocycles. The first-order valence-electron chi connectivity index (χ1n) is 9.49. The van der Waals surface area contributed by atoms with E-state index < -0.39 is 17.2 Å². The van der Waals surface area contributed by atoms with Crippen molar-refractivity contribution < 1.29 is 9.90 Å². The molecule has 1 saturated heterocycles. The molecule has 2 N–H and O–H groups in total. The number of aromatic hydroxyl groups is 1. The summed E-state index contributed by atoms with van der Waals surface area (Å²) in [5.41, 5.74) is 2.19. The van der Waals surface area contributed by atoms with E-state index in [1.165, 1.54) is 17.4 Å². The molecule has 2 aromatic carbocycles. The fraction of sp³-hybridized carbons (Fsp3) is 0.273. The van der Waals surface area contributed by atoms with E-state index in [4.69, 9.17) is 0 Å². The predicted octanol–water partition coefficient (Wildman–Crippen LogP) is 2.77. The fourth-order valence-electron chi connectivity index (χ4n) is 3.90. The van der Waals surface area contributed by atoms with Gasteiger partial charge in [-0.3, -0.25) is 9.59 Å². The molecule has 6 heteroatoms. The minimum Gasteiger partial charge on any atom is -0.502 e. The maximum atomic E-state index is 12.9. The summed E-state index contributed by atoms with van der Waals surface area (Å²) < 4.78 is 1.35. The van der Waals surface area contributed by atoms with Crippen LogP contribution >= 0.6 is 0 Å². The number of benzene rings is 2. The van der Waals surface area contributed by atoms with Gasteiger partial charge >= 0.3 is 0 Å². The Morgan fingerprint density at radius 1 is 1.07 bits per heavy atom. The minimum atomic E-state index is -0.582. The van der Waals surface area contributed by atoms with Crippen LogP contribution in [-0.2, 0) is 13.6 Å². The van der Waals surface area contributed by atoms with Gasteiger partial charge in [-0.25, -0.2) is 0 Å². The number of anilines is 1. The molecule has 3 aromatic rings. The van der Waals surface area contributed by atoms with Gasteiger partial charge in [-0.2, -0.15) is 0 Å². The molecule has 0 atom stereocenters. The van der Waals surface area contributed by atoms with Crippen LogP contribution in [0.25, 0.3) is 10.9 Å². The topological polar surface area (TPSA) is 74.6 Å². The minimum absolute atomic E-state index is 0.0253. The molecule has 1 amide bonds. The van der Waals surface area contributed by atoms with E-state index in [0.29, 0.717) is 17.4 Å². The third-order valence-electron chi connectivity index (χ3n) is 5.38. The van der Waals surface area contributed by atoms with Crippen LogP contribution in [0, 0.1) is 0 Å². The Hall–Kier alpha value is -3.28. The number of rotatable bonds is 4. The van der Waals surface area contributed by atoms with Crippen molar-refractivity contribution in [2.45, 2.75) is 19.4 Å². The second-order valence-electron chi connectivity index (χ2n) is 7.11. The van der Waals surface area contributed by atoms with E-state index >= 15 is 0 Å². The number of nitrogens with one attached hydrogen (secondary N) is 1. The highest BCUT2D eigenvalue weighted by atomic mass is 16.3. The van der Waals surface area contributed by atoms with Crippen molar-refractivity contribution in [3.8, 4) is 5.75 Å². The van der Waals surface area contributed by atoms with Crippen LogP contribution in [0.15, 0.2) is 53.3 Å². The summed E-state index contributed by atoms with van der Waals surface area (Å²) in [5, 5.41) is 13.8. The van der Waals surface area contributed by atoms with Crippen molar-refractivity contribution in [2.75, 3.05) is 18.0 Å². The van der Waals surface area contributed by atoms with E-state index in [2.05, 4.69) is 16.3 Å². The summed E-state index contributed by atoms with van der Waals surface area (Å²) in [7, 11) is 1.58. The summed E-state index contributed by atoms with van der Waals surface area (Å²) in [6, 6.07) is 15.1. The molecule has 28 heavy (non-hydrogen) atoms. The molecule has 1 aliphatic rings. The van der Waals surface area contributed by atoms with Gasteiger partial charge in [0.05, 0.1) is 11.1 Å². The molecular formula is C22H23N3O3. The van der Waals surface area contributed by atoms with Crippen LogP contribution < -0.4 is 15.8 Å². The van der Waals surface area contributed by atoms with E-state index in [-0.39, 0.29) is 5.56 Å². The molecule has 1 aliphatic heterocycles. The van der Waals surface area contributed by atoms with Gasteiger partial charge in [0.2, 0.25) is 0 Å². The quantitative estimate of drug-likeness (QED) is 0.733. The van der Waals surface area contributed by atoms with Gasteiger partial charge in [-0.05, 0) is 30.5 Å².